The molecule has 0 aromatic carbocycles. The SMILES string of the molecule is CC1=CCCC(N2CCCN(C)CC2)CC1. The summed E-state index contributed by atoms with van der Waals surface area (Å²) in [5, 5.41) is 0. The van der Waals surface area contributed by atoms with Gasteiger partial charge in [-0.2, -0.15) is 0 Å². The Hall–Kier alpha value is -0.340. The number of allylic oxidation sites excluding steroid dienone is 2. The van der Waals surface area contributed by atoms with E-state index in [9.17, 15) is 0 Å². The third-order valence-corrected chi connectivity index (χ3v) is 4.14. The van der Waals surface area contributed by atoms with E-state index < -0.39 is 0 Å². The molecule has 92 valence electrons. The van der Waals surface area contributed by atoms with E-state index in [-0.39, 0.29) is 0 Å². The van der Waals surface area contributed by atoms with Crippen LogP contribution in [0, 0.1) is 0 Å². The van der Waals surface area contributed by atoms with Crippen molar-refractivity contribution in [3.8, 4) is 0 Å². The van der Waals surface area contributed by atoms with Crippen molar-refractivity contribution >= 4 is 0 Å². The Morgan fingerprint density at radius 2 is 2.00 bits per heavy atom. The van der Waals surface area contributed by atoms with Crippen molar-refractivity contribution in [3.05, 3.63) is 11.6 Å². The number of rotatable bonds is 1. The Bertz CT molecular complexity index is 247. The molecule has 0 aromatic rings. The van der Waals surface area contributed by atoms with E-state index in [2.05, 4.69) is 29.8 Å². The van der Waals surface area contributed by atoms with Gasteiger partial charge in [0.1, 0.15) is 0 Å². The van der Waals surface area contributed by atoms with Crippen LogP contribution in [-0.4, -0.2) is 49.1 Å². The standard InChI is InChI=1S/C14H26N2/c1-13-5-3-6-14(8-7-13)16-10-4-9-15(2)11-12-16/h5,14H,3-4,6-12H2,1-2H3. The van der Waals surface area contributed by atoms with Gasteiger partial charge in [0.25, 0.3) is 0 Å². The molecule has 1 unspecified atom stereocenters. The van der Waals surface area contributed by atoms with Crippen LogP contribution in [0.1, 0.15) is 39.0 Å². The molecule has 2 aliphatic rings. The lowest BCUT2D eigenvalue weighted by molar-refractivity contribution is 0.186. The van der Waals surface area contributed by atoms with Gasteiger partial charge >= 0.3 is 0 Å². The van der Waals surface area contributed by atoms with Crippen LogP contribution in [0.5, 0.6) is 0 Å². The van der Waals surface area contributed by atoms with Crippen molar-refractivity contribution in [1.82, 2.24) is 9.80 Å². The molecule has 1 heterocycles. The minimum Gasteiger partial charge on any atom is -0.305 e. The number of nitrogens with zero attached hydrogens (tertiary/aromatic N) is 2. The topological polar surface area (TPSA) is 6.48 Å². The van der Waals surface area contributed by atoms with Gasteiger partial charge in [-0.05, 0) is 59.2 Å². The molecule has 16 heavy (non-hydrogen) atoms. The van der Waals surface area contributed by atoms with Crippen LogP contribution in [0.25, 0.3) is 0 Å². The van der Waals surface area contributed by atoms with Crippen LogP contribution in [0.2, 0.25) is 0 Å². The molecule has 0 amide bonds. The van der Waals surface area contributed by atoms with Gasteiger partial charge < -0.3 is 4.90 Å². The van der Waals surface area contributed by atoms with Crippen LogP contribution in [0.3, 0.4) is 0 Å². The largest absolute Gasteiger partial charge is 0.305 e. The van der Waals surface area contributed by atoms with Gasteiger partial charge in [0.15, 0.2) is 0 Å². The van der Waals surface area contributed by atoms with E-state index in [1.54, 1.807) is 5.57 Å². The summed E-state index contributed by atoms with van der Waals surface area (Å²) in [7, 11) is 2.25. The molecule has 2 heteroatoms. The van der Waals surface area contributed by atoms with Crippen LogP contribution < -0.4 is 0 Å². The highest BCUT2D eigenvalue weighted by atomic mass is 15.2. The summed E-state index contributed by atoms with van der Waals surface area (Å²) in [6.07, 6.45) is 9.16. The lowest BCUT2D eigenvalue weighted by Crippen LogP contribution is -2.37. The first-order valence-electron chi connectivity index (χ1n) is 6.84. The van der Waals surface area contributed by atoms with Gasteiger partial charge in [0.05, 0.1) is 0 Å². The molecule has 1 fully saturated rings. The zero-order valence-electron chi connectivity index (χ0n) is 10.9. The van der Waals surface area contributed by atoms with Gasteiger partial charge in [-0.15, -0.1) is 0 Å². The fourth-order valence-electron chi connectivity index (χ4n) is 2.96. The summed E-state index contributed by atoms with van der Waals surface area (Å²) in [5.41, 5.74) is 1.61. The lowest BCUT2D eigenvalue weighted by Gasteiger charge is -2.29. The first kappa shape index (κ1) is 12.1. The summed E-state index contributed by atoms with van der Waals surface area (Å²) in [5.74, 6) is 0. The van der Waals surface area contributed by atoms with E-state index >= 15 is 0 Å². The highest BCUT2D eigenvalue weighted by Crippen LogP contribution is 2.22. The lowest BCUT2D eigenvalue weighted by atomic mass is 10.1. The van der Waals surface area contributed by atoms with E-state index in [4.69, 9.17) is 0 Å². The summed E-state index contributed by atoms with van der Waals surface area (Å²) < 4.78 is 0. The van der Waals surface area contributed by atoms with Gasteiger partial charge in [0, 0.05) is 19.1 Å². The maximum absolute atomic E-state index is 2.75. The van der Waals surface area contributed by atoms with E-state index in [1.807, 2.05) is 0 Å². The fraction of sp³-hybridized carbons (Fsp3) is 0.857. The second-order valence-electron chi connectivity index (χ2n) is 5.51. The van der Waals surface area contributed by atoms with Gasteiger partial charge in [-0.1, -0.05) is 11.6 Å². The van der Waals surface area contributed by atoms with Crippen LogP contribution in [-0.2, 0) is 0 Å². The van der Waals surface area contributed by atoms with Crippen molar-refractivity contribution < 1.29 is 0 Å². The molecule has 0 saturated carbocycles. The highest BCUT2D eigenvalue weighted by molar-refractivity contribution is 5.01. The van der Waals surface area contributed by atoms with Gasteiger partial charge in [-0.3, -0.25) is 4.90 Å². The van der Waals surface area contributed by atoms with E-state index in [0.717, 1.165) is 6.04 Å². The molecule has 0 bridgehead atoms. The third-order valence-electron chi connectivity index (χ3n) is 4.14. The first-order chi connectivity index (χ1) is 7.75. The Morgan fingerprint density at radius 1 is 1.12 bits per heavy atom. The monoisotopic (exact) mass is 222 g/mol. The predicted molar refractivity (Wildman–Crippen MR) is 69.7 cm³/mol. The summed E-state index contributed by atoms with van der Waals surface area (Å²) >= 11 is 0. The zero-order valence-corrected chi connectivity index (χ0v) is 10.9. The molecule has 0 aromatic heterocycles. The molecule has 0 spiro atoms. The Labute approximate surface area is 100 Å². The molecule has 1 aliphatic carbocycles. The number of likely N-dealkylation sites (N-methyl/N-ethyl adjacent to an activating group) is 1. The second-order valence-corrected chi connectivity index (χ2v) is 5.51. The maximum Gasteiger partial charge on any atom is 0.0112 e. The molecule has 1 saturated heterocycles. The van der Waals surface area contributed by atoms with Crippen LogP contribution >= 0.6 is 0 Å². The molecule has 2 rings (SSSR count). The van der Waals surface area contributed by atoms with E-state index in [1.165, 1.54) is 58.3 Å². The Kier molecular flexibility index (Phi) is 4.42. The van der Waals surface area contributed by atoms with Crippen molar-refractivity contribution in [2.75, 3.05) is 33.2 Å². The van der Waals surface area contributed by atoms with Crippen molar-refractivity contribution in [3.63, 3.8) is 0 Å². The van der Waals surface area contributed by atoms with Gasteiger partial charge in [-0.25, -0.2) is 0 Å². The Morgan fingerprint density at radius 3 is 2.88 bits per heavy atom. The molecule has 1 atom stereocenters. The van der Waals surface area contributed by atoms with Crippen molar-refractivity contribution in [2.45, 2.75) is 45.1 Å². The minimum absolute atomic E-state index is 0.847. The summed E-state index contributed by atoms with van der Waals surface area (Å²) in [6.45, 7) is 7.41. The molecule has 0 N–H and O–H groups in total. The smallest absolute Gasteiger partial charge is 0.0112 e. The zero-order chi connectivity index (χ0) is 11.4. The molecule has 2 nitrogen and oxygen atoms in total. The summed E-state index contributed by atoms with van der Waals surface area (Å²) in [6, 6.07) is 0.847. The quantitative estimate of drug-likeness (QED) is 0.629. The first-order valence-corrected chi connectivity index (χ1v) is 6.84. The molecular formula is C14H26N2. The fourth-order valence-corrected chi connectivity index (χ4v) is 2.96. The average Bonchev–Trinajstić information content (AvgIpc) is 2.59. The van der Waals surface area contributed by atoms with Crippen molar-refractivity contribution in [1.29, 1.82) is 0 Å². The predicted octanol–water partition coefficient (Wildman–Crippen LogP) is 2.51. The molecular weight excluding hydrogens is 196 g/mol. The average molecular weight is 222 g/mol. The maximum atomic E-state index is 2.75. The molecule has 1 aliphatic heterocycles. The van der Waals surface area contributed by atoms with Crippen LogP contribution in [0.4, 0.5) is 0 Å². The third kappa shape index (κ3) is 3.33. The normalized spacial score (nSPS) is 30.6. The summed E-state index contributed by atoms with van der Waals surface area (Å²) in [4.78, 5) is 5.22. The minimum atomic E-state index is 0.847. The second kappa shape index (κ2) is 5.83. The molecule has 0 radical (unpaired) electrons. The number of hydrogen-bond acceptors (Lipinski definition) is 2. The van der Waals surface area contributed by atoms with Crippen LogP contribution in [0.15, 0.2) is 11.6 Å². The number of hydrogen-bond donors (Lipinski definition) is 0. The van der Waals surface area contributed by atoms with Crippen molar-refractivity contribution in [2.24, 2.45) is 0 Å². The van der Waals surface area contributed by atoms with Gasteiger partial charge in [0.2, 0.25) is 0 Å². The van der Waals surface area contributed by atoms with E-state index in [0.29, 0.717) is 0 Å². The Balaban J connectivity index is 1.87. The highest BCUT2D eigenvalue weighted by Gasteiger charge is 2.21.